The van der Waals surface area contributed by atoms with Gasteiger partial charge in [-0.1, -0.05) is 19.4 Å². The SMILES string of the molecule is CC(=O)OC[C@H](OC(C)=O)[C@]1(O)CC[C@H]2[C@@H]3CCC4=CC(=O)CC[C@]4(C)[C@H]3CC[C@@]21C. The van der Waals surface area contributed by atoms with Crippen LogP contribution in [0.1, 0.15) is 79.1 Å². The van der Waals surface area contributed by atoms with E-state index in [1.54, 1.807) is 0 Å². The Bertz CT molecular complexity index is 817. The van der Waals surface area contributed by atoms with Crippen molar-refractivity contribution in [2.75, 3.05) is 6.61 Å². The predicted molar refractivity (Wildman–Crippen MR) is 114 cm³/mol. The van der Waals surface area contributed by atoms with E-state index in [2.05, 4.69) is 13.8 Å². The summed E-state index contributed by atoms with van der Waals surface area (Å²) >= 11 is 0. The molecule has 172 valence electrons. The second kappa shape index (κ2) is 7.72. The zero-order valence-electron chi connectivity index (χ0n) is 19.2. The molecule has 0 radical (unpaired) electrons. The molecule has 3 saturated carbocycles. The minimum atomic E-state index is -1.22. The van der Waals surface area contributed by atoms with E-state index >= 15 is 0 Å². The van der Waals surface area contributed by atoms with E-state index in [1.165, 1.54) is 19.4 Å². The molecule has 1 N–H and O–H groups in total. The van der Waals surface area contributed by atoms with Crippen molar-refractivity contribution in [1.29, 1.82) is 0 Å². The van der Waals surface area contributed by atoms with Gasteiger partial charge < -0.3 is 14.6 Å². The molecule has 3 fully saturated rings. The molecule has 0 aromatic rings. The van der Waals surface area contributed by atoms with Crippen LogP contribution in [-0.4, -0.2) is 41.1 Å². The van der Waals surface area contributed by atoms with Crippen molar-refractivity contribution in [2.24, 2.45) is 28.6 Å². The van der Waals surface area contributed by atoms with E-state index in [9.17, 15) is 19.5 Å². The highest BCUT2D eigenvalue weighted by Gasteiger charge is 2.66. The summed E-state index contributed by atoms with van der Waals surface area (Å²) in [6.45, 7) is 7.02. The first-order valence-corrected chi connectivity index (χ1v) is 11.8. The van der Waals surface area contributed by atoms with Crippen molar-refractivity contribution in [3.63, 3.8) is 0 Å². The Kier molecular flexibility index (Phi) is 5.60. The molecule has 4 rings (SSSR count). The highest BCUT2D eigenvalue weighted by molar-refractivity contribution is 5.91. The Morgan fingerprint density at radius 2 is 1.77 bits per heavy atom. The second-order valence-corrected chi connectivity index (χ2v) is 10.8. The number of allylic oxidation sites excluding steroid dienone is 1. The van der Waals surface area contributed by atoms with Gasteiger partial charge >= 0.3 is 11.9 Å². The zero-order valence-corrected chi connectivity index (χ0v) is 19.2. The van der Waals surface area contributed by atoms with E-state index in [0.717, 1.165) is 38.5 Å². The highest BCUT2D eigenvalue weighted by Crippen LogP contribution is 2.68. The molecule has 31 heavy (non-hydrogen) atoms. The molecule has 0 aromatic carbocycles. The van der Waals surface area contributed by atoms with E-state index in [0.29, 0.717) is 30.6 Å². The summed E-state index contributed by atoms with van der Waals surface area (Å²) in [7, 11) is 0. The molecule has 4 aliphatic rings. The van der Waals surface area contributed by atoms with Crippen LogP contribution in [0.3, 0.4) is 0 Å². The van der Waals surface area contributed by atoms with Crippen molar-refractivity contribution >= 4 is 17.7 Å². The molecule has 0 aliphatic heterocycles. The van der Waals surface area contributed by atoms with Crippen LogP contribution in [-0.2, 0) is 23.9 Å². The lowest BCUT2D eigenvalue weighted by atomic mass is 9.46. The summed E-state index contributed by atoms with van der Waals surface area (Å²) in [4.78, 5) is 35.3. The van der Waals surface area contributed by atoms with Gasteiger partial charge in [-0.15, -0.1) is 0 Å². The number of carbonyl (C=O) groups excluding carboxylic acids is 3. The largest absolute Gasteiger partial charge is 0.462 e. The van der Waals surface area contributed by atoms with Crippen molar-refractivity contribution in [2.45, 2.75) is 90.8 Å². The van der Waals surface area contributed by atoms with Crippen molar-refractivity contribution in [3.8, 4) is 0 Å². The third kappa shape index (κ3) is 3.46. The number of carbonyl (C=O) groups is 3. The summed E-state index contributed by atoms with van der Waals surface area (Å²) < 4.78 is 10.7. The quantitative estimate of drug-likeness (QED) is 0.681. The minimum absolute atomic E-state index is 0.0753. The maximum Gasteiger partial charge on any atom is 0.303 e. The number of hydrogen-bond acceptors (Lipinski definition) is 6. The molecule has 0 heterocycles. The highest BCUT2D eigenvalue weighted by atomic mass is 16.6. The first-order valence-electron chi connectivity index (χ1n) is 11.8. The van der Waals surface area contributed by atoms with E-state index in [-0.39, 0.29) is 17.8 Å². The number of rotatable bonds is 4. The third-order valence-electron chi connectivity index (χ3n) is 9.46. The van der Waals surface area contributed by atoms with Crippen LogP contribution in [0.5, 0.6) is 0 Å². The maximum absolute atomic E-state index is 12.0. The van der Waals surface area contributed by atoms with Gasteiger partial charge in [0.15, 0.2) is 11.9 Å². The van der Waals surface area contributed by atoms with Crippen LogP contribution in [0.15, 0.2) is 11.6 Å². The van der Waals surface area contributed by atoms with E-state index < -0.39 is 29.1 Å². The van der Waals surface area contributed by atoms with Crippen LogP contribution >= 0.6 is 0 Å². The Hall–Kier alpha value is -1.69. The lowest BCUT2D eigenvalue weighted by molar-refractivity contribution is -0.207. The fourth-order valence-electron chi connectivity index (χ4n) is 7.80. The molecule has 0 spiro atoms. The molecule has 0 bridgehead atoms. The molecule has 0 amide bonds. The molecule has 6 nitrogen and oxygen atoms in total. The molecule has 0 unspecified atom stereocenters. The van der Waals surface area contributed by atoms with Gasteiger partial charge in [0.05, 0.1) is 0 Å². The smallest absolute Gasteiger partial charge is 0.303 e. The van der Waals surface area contributed by atoms with Gasteiger partial charge in [-0.2, -0.15) is 0 Å². The summed E-state index contributed by atoms with van der Waals surface area (Å²) in [5.74, 6) is 0.657. The zero-order chi connectivity index (χ0) is 22.6. The van der Waals surface area contributed by atoms with Crippen LogP contribution in [0, 0.1) is 28.6 Å². The summed E-state index contributed by atoms with van der Waals surface area (Å²) in [5, 5.41) is 12.0. The van der Waals surface area contributed by atoms with Gasteiger partial charge in [0, 0.05) is 25.7 Å². The Balaban J connectivity index is 1.63. The van der Waals surface area contributed by atoms with Crippen LogP contribution in [0.4, 0.5) is 0 Å². The van der Waals surface area contributed by atoms with Crippen LogP contribution < -0.4 is 0 Å². The molecule has 6 heteroatoms. The van der Waals surface area contributed by atoms with Crippen LogP contribution in [0.25, 0.3) is 0 Å². The van der Waals surface area contributed by atoms with Crippen molar-refractivity contribution < 1.29 is 29.0 Å². The topological polar surface area (TPSA) is 89.9 Å². The van der Waals surface area contributed by atoms with Gasteiger partial charge in [-0.05, 0) is 74.2 Å². The standard InChI is InChI=1S/C25H36O6/c1-15(26)30-14-22(31-16(2)27)25(29)12-9-21-19-6-5-17-13-18(28)7-10-23(17,3)20(19)8-11-24(21,25)4/h13,19-22,29H,5-12,14H2,1-4H3/t19-,20+,21+,22+,23+,24+,25-/m1/s1. The third-order valence-corrected chi connectivity index (χ3v) is 9.46. The fraction of sp³-hybridized carbons (Fsp3) is 0.800. The molecule has 0 aromatic heterocycles. The van der Waals surface area contributed by atoms with Gasteiger partial charge in [-0.3, -0.25) is 14.4 Å². The molecule has 4 aliphatic carbocycles. The minimum Gasteiger partial charge on any atom is -0.462 e. The van der Waals surface area contributed by atoms with Crippen molar-refractivity contribution in [3.05, 3.63) is 11.6 Å². The lowest BCUT2D eigenvalue weighted by Crippen LogP contribution is -2.60. The van der Waals surface area contributed by atoms with Gasteiger partial charge in [-0.25, -0.2) is 0 Å². The Morgan fingerprint density at radius 1 is 1.06 bits per heavy atom. The number of aliphatic hydroxyl groups is 1. The van der Waals surface area contributed by atoms with Crippen LogP contribution in [0.2, 0.25) is 0 Å². The molecule has 0 saturated heterocycles. The molecule has 7 atom stereocenters. The first-order chi connectivity index (χ1) is 14.5. The first kappa shape index (κ1) is 22.5. The number of ketones is 1. The van der Waals surface area contributed by atoms with Gasteiger partial charge in [0.25, 0.3) is 0 Å². The van der Waals surface area contributed by atoms with Crippen molar-refractivity contribution in [1.82, 2.24) is 0 Å². The predicted octanol–water partition coefficient (Wildman–Crippen LogP) is 3.74. The number of hydrogen-bond donors (Lipinski definition) is 1. The van der Waals surface area contributed by atoms with Gasteiger partial charge in [0.1, 0.15) is 12.2 Å². The maximum atomic E-state index is 12.0. The normalized spacial score (nSPS) is 42.5. The molecular weight excluding hydrogens is 396 g/mol. The monoisotopic (exact) mass is 432 g/mol. The second-order valence-electron chi connectivity index (χ2n) is 10.8. The summed E-state index contributed by atoms with van der Waals surface area (Å²) in [6, 6.07) is 0. The van der Waals surface area contributed by atoms with Gasteiger partial charge in [0.2, 0.25) is 0 Å². The van der Waals surface area contributed by atoms with E-state index in [4.69, 9.17) is 9.47 Å². The summed E-state index contributed by atoms with van der Waals surface area (Å²) in [5.41, 5.74) is -0.222. The number of fused-ring (bicyclic) bond motifs is 5. The number of ether oxygens (including phenoxy) is 2. The lowest BCUT2D eigenvalue weighted by Gasteiger charge is -2.59. The number of esters is 2. The molecular formula is C25H36O6. The average Bonchev–Trinajstić information content (AvgIpc) is 2.97. The summed E-state index contributed by atoms with van der Waals surface area (Å²) in [6.07, 6.45) is 7.84. The Labute approximate surface area is 184 Å². The average molecular weight is 433 g/mol. The Morgan fingerprint density at radius 3 is 2.45 bits per heavy atom. The van der Waals surface area contributed by atoms with E-state index in [1.807, 2.05) is 6.08 Å². The fourth-order valence-corrected chi connectivity index (χ4v) is 7.80.